The smallest absolute Gasteiger partial charge is 0.153 e. The van der Waals surface area contributed by atoms with E-state index in [0.29, 0.717) is 5.56 Å². The quantitative estimate of drug-likeness (QED) is 0.640. The average molecular weight is 464 g/mol. The first-order valence-corrected chi connectivity index (χ1v) is 11.9. The molecule has 0 aliphatic carbocycles. The highest BCUT2D eigenvalue weighted by atomic mass is 19.1. The average Bonchev–Trinajstić information content (AvgIpc) is 3.53. The molecule has 2 saturated heterocycles. The third-order valence-electron chi connectivity index (χ3n) is 7.00. The lowest BCUT2D eigenvalue weighted by molar-refractivity contribution is 0.295. The van der Waals surface area contributed by atoms with Crippen LogP contribution in [0, 0.1) is 11.6 Å². The van der Waals surface area contributed by atoms with Crippen LogP contribution in [0.1, 0.15) is 42.5 Å². The molecule has 3 aromatic rings. The van der Waals surface area contributed by atoms with Gasteiger partial charge in [0.15, 0.2) is 5.65 Å². The van der Waals surface area contributed by atoms with Gasteiger partial charge in [0.25, 0.3) is 0 Å². The molecule has 6 rings (SSSR count). The van der Waals surface area contributed by atoms with E-state index in [-0.39, 0.29) is 17.8 Å². The number of aromatic nitrogens is 3. The van der Waals surface area contributed by atoms with Gasteiger partial charge in [-0.2, -0.15) is 0 Å². The summed E-state index contributed by atoms with van der Waals surface area (Å²) in [5.74, 6) is 1.06. The van der Waals surface area contributed by atoms with Crippen molar-refractivity contribution in [1.29, 1.82) is 0 Å². The van der Waals surface area contributed by atoms with E-state index in [1.54, 1.807) is 0 Å². The monoisotopic (exact) mass is 463 g/mol. The van der Waals surface area contributed by atoms with Crippen LogP contribution in [0.3, 0.4) is 0 Å². The summed E-state index contributed by atoms with van der Waals surface area (Å²) in [5, 5.41) is 8.26. The van der Waals surface area contributed by atoms with Crippen molar-refractivity contribution in [2.75, 3.05) is 37.6 Å². The van der Waals surface area contributed by atoms with E-state index in [0.717, 1.165) is 81.0 Å². The number of hydrogen-bond donors (Lipinski definition) is 1. The Balaban J connectivity index is 1.27. The van der Waals surface area contributed by atoms with Gasteiger partial charge < -0.3 is 15.1 Å². The van der Waals surface area contributed by atoms with Gasteiger partial charge in [-0.15, -0.1) is 5.10 Å². The molecule has 3 aliphatic heterocycles. The highest BCUT2D eigenvalue weighted by Crippen LogP contribution is 2.37. The molecule has 1 aromatic carbocycles. The molecular weight excluding hydrogens is 436 g/mol. The maximum atomic E-state index is 14.5. The van der Waals surface area contributed by atoms with Crippen LogP contribution in [0.5, 0.6) is 0 Å². The molecular formula is C25H27F2N7. The standard InChI is InChI=1S/C25H27F2N7/c26-18-4-5-20(27)19(14-18)21-2-1-11-33(21)25-8-7-24-30-16-22(34(24)31-25)17-3-6-23(29-15-17)32-12-9-28-10-13-32/h4-8,14-17,21,28H,1-3,9-13H2. The number of halogens is 2. The Kier molecular flexibility index (Phi) is 5.49. The Hall–Kier alpha value is -3.33. The molecule has 0 saturated carbocycles. The maximum Gasteiger partial charge on any atom is 0.153 e. The Morgan fingerprint density at radius 1 is 1.03 bits per heavy atom. The Morgan fingerprint density at radius 3 is 2.74 bits per heavy atom. The lowest BCUT2D eigenvalue weighted by atomic mass is 10.0. The normalized spacial score (nSPS) is 23.1. The van der Waals surface area contributed by atoms with Gasteiger partial charge in [0.1, 0.15) is 23.3 Å². The second-order valence-electron chi connectivity index (χ2n) is 9.08. The molecule has 0 spiro atoms. The summed E-state index contributed by atoms with van der Waals surface area (Å²) in [6, 6.07) is 7.28. The van der Waals surface area contributed by atoms with Gasteiger partial charge >= 0.3 is 0 Å². The fraction of sp³-hybridized carbons (Fsp3) is 0.400. The van der Waals surface area contributed by atoms with E-state index in [2.05, 4.69) is 26.2 Å². The zero-order chi connectivity index (χ0) is 23.1. The zero-order valence-corrected chi connectivity index (χ0v) is 18.9. The van der Waals surface area contributed by atoms with Gasteiger partial charge in [0.2, 0.25) is 0 Å². The van der Waals surface area contributed by atoms with Crippen molar-refractivity contribution >= 4 is 17.7 Å². The van der Waals surface area contributed by atoms with E-state index in [4.69, 9.17) is 10.1 Å². The van der Waals surface area contributed by atoms with Crippen molar-refractivity contribution in [2.24, 2.45) is 4.99 Å². The summed E-state index contributed by atoms with van der Waals surface area (Å²) < 4.78 is 30.3. The zero-order valence-electron chi connectivity index (χ0n) is 18.9. The lowest BCUT2D eigenvalue weighted by Gasteiger charge is -2.31. The number of imidazole rings is 1. The third-order valence-corrected chi connectivity index (χ3v) is 7.00. The molecule has 2 atom stereocenters. The van der Waals surface area contributed by atoms with Crippen molar-refractivity contribution in [2.45, 2.75) is 31.2 Å². The Bertz CT molecular complexity index is 1260. The summed E-state index contributed by atoms with van der Waals surface area (Å²) in [5.41, 5.74) is 2.12. The van der Waals surface area contributed by atoms with Crippen LogP contribution in [-0.2, 0) is 0 Å². The highest BCUT2D eigenvalue weighted by Gasteiger charge is 2.30. The summed E-state index contributed by atoms with van der Waals surface area (Å²) in [6.07, 6.45) is 8.54. The predicted octanol–water partition coefficient (Wildman–Crippen LogP) is 3.65. The molecule has 0 bridgehead atoms. The second-order valence-corrected chi connectivity index (χ2v) is 9.08. The molecule has 3 aliphatic rings. The summed E-state index contributed by atoms with van der Waals surface area (Å²) >= 11 is 0. The largest absolute Gasteiger partial charge is 0.354 e. The molecule has 0 radical (unpaired) electrons. The molecule has 1 N–H and O–H groups in total. The van der Waals surface area contributed by atoms with Gasteiger partial charge in [0, 0.05) is 50.4 Å². The van der Waals surface area contributed by atoms with Gasteiger partial charge in [-0.1, -0.05) is 0 Å². The van der Waals surface area contributed by atoms with Gasteiger partial charge in [0.05, 0.1) is 17.9 Å². The van der Waals surface area contributed by atoms with E-state index >= 15 is 0 Å². The topological polar surface area (TPSA) is 61.1 Å². The number of nitrogens with one attached hydrogen (secondary N) is 1. The van der Waals surface area contributed by atoms with Crippen LogP contribution in [0.15, 0.2) is 53.4 Å². The molecule has 0 amide bonds. The molecule has 34 heavy (non-hydrogen) atoms. The highest BCUT2D eigenvalue weighted by molar-refractivity contribution is 5.70. The second kappa shape index (κ2) is 8.79. The number of nitrogens with zero attached hydrogens (tertiary/aromatic N) is 6. The van der Waals surface area contributed by atoms with Gasteiger partial charge in [-0.25, -0.2) is 23.3 Å². The molecule has 176 valence electrons. The minimum absolute atomic E-state index is 0.0828. The number of allylic oxidation sites excluding steroid dienone is 1. The SMILES string of the molecule is Fc1ccc(F)c(C2CCCN2c2ccc3ncc(C4C=NC(N5CCNCC5)=CC4)n3n2)c1. The molecule has 9 heteroatoms. The van der Waals surface area contributed by atoms with Crippen molar-refractivity contribution in [1.82, 2.24) is 24.8 Å². The van der Waals surface area contributed by atoms with Crippen molar-refractivity contribution in [3.63, 3.8) is 0 Å². The first kappa shape index (κ1) is 21.2. The maximum absolute atomic E-state index is 14.5. The molecule has 2 fully saturated rings. The third kappa shape index (κ3) is 3.83. The number of aliphatic imine (C=N–C) groups is 1. The van der Waals surface area contributed by atoms with E-state index in [9.17, 15) is 8.78 Å². The number of rotatable bonds is 4. The lowest BCUT2D eigenvalue weighted by Crippen LogP contribution is -2.42. The molecule has 5 heterocycles. The molecule has 7 nitrogen and oxygen atoms in total. The van der Waals surface area contributed by atoms with Gasteiger partial charge in [-0.05, 0) is 55.7 Å². The van der Waals surface area contributed by atoms with Crippen LogP contribution >= 0.6 is 0 Å². The molecule has 2 unspecified atom stereocenters. The van der Waals surface area contributed by atoms with E-state index in [1.165, 1.54) is 12.1 Å². The van der Waals surface area contributed by atoms with Crippen molar-refractivity contribution in [3.8, 4) is 0 Å². The minimum atomic E-state index is -0.423. The minimum Gasteiger partial charge on any atom is -0.354 e. The fourth-order valence-corrected chi connectivity index (χ4v) is 5.24. The predicted molar refractivity (Wildman–Crippen MR) is 127 cm³/mol. The Morgan fingerprint density at radius 2 is 1.91 bits per heavy atom. The van der Waals surface area contributed by atoms with Crippen LogP contribution in [0.2, 0.25) is 0 Å². The van der Waals surface area contributed by atoms with Gasteiger partial charge in [-0.3, -0.25) is 0 Å². The first-order chi connectivity index (χ1) is 16.7. The molecule has 2 aromatic heterocycles. The first-order valence-electron chi connectivity index (χ1n) is 11.9. The van der Waals surface area contributed by atoms with E-state index in [1.807, 2.05) is 29.1 Å². The fourth-order valence-electron chi connectivity index (χ4n) is 5.24. The number of fused-ring (bicyclic) bond motifs is 1. The van der Waals surface area contributed by atoms with Crippen LogP contribution in [-0.4, -0.2) is 58.4 Å². The number of piperazine rings is 1. The van der Waals surface area contributed by atoms with E-state index < -0.39 is 5.82 Å². The van der Waals surface area contributed by atoms with Crippen LogP contribution in [0.4, 0.5) is 14.6 Å². The van der Waals surface area contributed by atoms with Crippen molar-refractivity contribution < 1.29 is 8.78 Å². The number of benzene rings is 1. The summed E-state index contributed by atoms with van der Waals surface area (Å²) in [7, 11) is 0. The summed E-state index contributed by atoms with van der Waals surface area (Å²) in [4.78, 5) is 13.7. The van der Waals surface area contributed by atoms with Crippen LogP contribution < -0.4 is 10.2 Å². The Labute approximate surface area is 196 Å². The number of anilines is 1. The van der Waals surface area contributed by atoms with Crippen LogP contribution in [0.25, 0.3) is 5.65 Å². The van der Waals surface area contributed by atoms with Crippen molar-refractivity contribution in [3.05, 3.63) is 71.3 Å². The summed E-state index contributed by atoms with van der Waals surface area (Å²) in [6.45, 7) is 4.64. The number of hydrogen-bond acceptors (Lipinski definition) is 6.